The lowest BCUT2D eigenvalue weighted by molar-refractivity contribution is -0.274. The molecule has 0 aliphatic carbocycles. The first-order chi connectivity index (χ1) is 10.4. The summed E-state index contributed by atoms with van der Waals surface area (Å²) in [5.41, 5.74) is 6.89. The summed E-state index contributed by atoms with van der Waals surface area (Å²) in [7, 11) is 0. The maximum atomic E-state index is 12.2. The highest BCUT2D eigenvalue weighted by Crippen LogP contribution is 2.23. The predicted octanol–water partition coefficient (Wildman–Crippen LogP) is 3.30. The minimum Gasteiger partial charge on any atom is -0.406 e. The molecule has 0 heterocycles. The highest BCUT2D eigenvalue weighted by Gasteiger charge is 2.31. The quantitative estimate of drug-likeness (QED) is 0.910. The molecule has 0 spiro atoms. The number of nitrogens with one attached hydrogen (secondary N) is 1. The third kappa shape index (κ3) is 4.49. The Bertz CT molecular complexity index is 672. The lowest BCUT2D eigenvalue weighted by Gasteiger charge is -2.10. The third-order valence-corrected chi connectivity index (χ3v) is 2.75. The first-order valence-electron chi connectivity index (χ1n) is 6.33. The number of halogens is 3. The van der Waals surface area contributed by atoms with Crippen LogP contribution in [0.15, 0.2) is 48.5 Å². The maximum Gasteiger partial charge on any atom is 0.573 e. The summed E-state index contributed by atoms with van der Waals surface area (Å²) in [6.07, 6.45) is -4.80. The number of benzene rings is 2. The molecule has 0 aliphatic heterocycles. The van der Waals surface area contributed by atoms with Gasteiger partial charge in [0.25, 0.3) is 5.91 Å². The van der Waals surface area contributed by atoms with Crippen LogP contribution in [-0.4, -0.2) is 12.3 Å². The Balaban J connectivity index is 2.14. The van der Waals surface area contributed by atoms with Gasteiger partial charge in [0.05, 0.1) is 0 Å². The molecule has 0 aliphatic rings. The Morgan fingerprint density at radius 1 is 1.14 bits per heavy atom. The molecule has 0 bridgehead atoms. The second-order valence-corrected chi connectivity index (χ2v) is 4.43. The van der Waals surface area contributed by atoms with Gasteiger partial charge in [-0.1, -0.05) is 18.2 Å². The van der Waals surface area contributed by atoms with Crippen molar-refractivity contribution in [2.75, 3.05) is 5.32 Å². The normalized spacial score (nSPS) is 11.1. The summed E-state index contributed by atoms with van der Waals surface area (Å²) < 4.78 is 40.3. The van der Waals surface area contributed by atoms with Crippen LogP contribution >= 0.6 is 0 Å². The molecule has 1 amide bonds. The van der Waals surface area contributed by atoms with Crippen LogP contribution in [0, 0.1) is 0 Å². The fourth-order valence-corrected chi connectivity index (χ4v) is 1.81. The summed E-state index contributed by atoms with van der Waals surface area (Å²) in [4.78, 5) is 12.1. The number of carbonyl (C=O) groups excluding carboxylic acids is 1. The molecule has 0 atom stereocenters. The number of hydrogen-bond acceptors (Lipinski definition) is 3. The number of carbonyl (C=O) groups is 1. The van der Waals surface area contributed by atoms with Crippen molar-refractivity contribution in [3.8, 4) is 5.75 Å². The number of anilines is 1. The molecule has 0 radical (unpaired) electrons. The van der Waals surface area contributed by atoms with Crippen LogP contribution in [0.5, 0.6) is 5.75 Å². The van der Waals surface area contributed by atoms with Crippen LogP contribution in [-0.2, 0) is 6.54 Å². The van der Waals surface area contributed by atoms with Crippen molar-refractivity contribution in [2.24, 2.45) is 5.73 Å². The zero-order chi connectivity index (χ0) is 16.2. The Kier molecular flexibility index (Phi) is 4.67. The van der Waals surface area contributed by atoms with Gasteiger partial charge in [-0.15, -0.1) is 13.2 Å². The molecule has 0 unspecified atom stereocenters. The Morgan fingerprint density at radius 2 is 1.86 bits per heavy atom. The van der Waals surface area contributed by atoms with Crippen molar-refractivity contribution in [2.45, 2.75) is 12.9 Å². The number of hydrogen-bond donors (Lipinski definition) is 2. The van der Waals surface area contributed by atoms with Gasteiger partial charge in [0.15, 0.2) is 0 Å². The summed E-state index contributed by atoms with van der Waals surface area (Å²) in [6.45, 7) is 0.318. The number of amides is 1. The van der Waals surface area contributed by atoms with Gasteiger partial charge in [0, 0.05) is 17.8 Å². The van der Waals surface area contributed by atoms with Crippen LogP contribution < -0.4 is 15.8 Å². The van der Waals surface area contributed by atoms with E-state index in [-0.39, 0.29) is 5.56 Å². The van der Waals surface area contributed by atoms with Crippen molar-refractivity contribution in [1.82, 2.24) is 0 Å². The molecule has 116 valence electrons. The average molecular weight is 310 g/mol. The van der Waals surface area contributed by atoms with Gasteiger partial charge >= 0.3 is 6.36 Å². The van der Waals surface area contributed by atoms with Gasteiger partial charge in [-0.25, -0.2) is 0 Å². The van der Waals surface area contributed by atoms with E-state index in [9.17, 15) is 18.0 Å². The van der Waals surface area contributed by atoms with Crippen LogP contribution in [0.2, 0.25) is 0 Å². The van der Waals surface area contributed by atoms with E-state index in [1.807, 2.05) is 0 Å². The van der Waals surface area contributed by atoms with E-state index < -0.39 is 18.0 Å². The van der Waals surface area contributed by atoms with E-state index in [1.54, 1.807) is 24.3 Å². The minimum atomic E-state index is -4.80. The van der Waals surface area contributed by atoms with Gasteiger partial charge in [-0.05, 0) is 35.9 Å². The fourth-order valence-electron chi connectivity index (χ4n) is 1.81. The van der Waals surface area contributed by atoms with Crippen molar-refractivity contribution < 1.29 is 22.7 Å². The highest BCUT2D eigenvalue weighted by atomic mass is 19.4. The molecule has 0 saturated carbocycles. The number of rotatable bonds is 4. The van der Waals surface area contributed by atoms with E-state index >= 15 is 0 Å². The smallest absolute Gasteiger partial charge is 0.406 e. The zero-order valence-electron chi connectivity index (χ0n) is 11.4. The summed E-state index contributed by atoms with van der Waals surface area (Å²) in [6, 6.07) is 11.7. The molecule has 0 aromatic heterocycles. The molecule has 22 heavy (non-hydrogen) atoms. The van der Waals surface area contributed by atoms with Crippen LogP contribution in [0.1, 0.15) is 15.9 Å². The zero-order valence-corrected chi connectivity index (χ0v) is 11.4. The summed E-state index contributed by atoms with van der Waals surface area (Å²) in [5.74, 6) is -0.988. The summed E-state index contributed by atoms with van der Waals surface area (Å²) >= 11 is 0. The van der Waals surface area contributed by atoms with Gasteiger partial charge in [-0.2, -0.15) is 0 Å². The summed E-state index contributed by atoms with van der Waals surface area (Å²) in [5, 5.41) is 2.59. The topological polar surface area (TPSA) is 64.3 Å². The number of nitrogens with two attached hydrogens (primary N) is 1. The molecule has 4 nitrogen and oxygen atoms in total. The number of ether oxygens (including phenoxy) is 1. The molecule has 3 N–H and O–H groups in total. The van der Waals surface area contributed by atoms with Gasteiger partial charge in [0.2, 0.25) is 0 Å². The number of alkyl halides is 3. The van der Waals surface area contributed by atoms with Gasteiger partial charge in [0.1, 0.15) is 5.75 Å². The Hall–Kier alpha value is -2.54. The van der Waals surface area contributed by atoms with Crippen LogP contribution in [0.3, 0.4) is 0 Å². The molecule has 2 aromatic rings. The Morgan fingerprint density at radius 3 is 2.55 bits per heavy atom. The average Bonchev–Trinajstić information content (AvgIpc) is 2.46. The maximum absolute atomic E-state index is 12.2. The third-order valence-electron chi connectivity index (χ3n) is 2.75. The SMILES string of the molecule is NCc1cccc(NC(=O)c2cccc(OC(F)(F)F)c2)c1. The first kappa shape index (κ1) is 15.8. The van der Waals surface area contributed by atoms with Crippen LogP contribution in [0.25, 0.3) is 0 Å². The highest BCUT2D eigenvalue weighted by molar-refractivity contribution is 6.04. The van der Waals surface area contributed by atoms with Gasteiger partial charge in [-0.3, -0.25) is 4.79 Å². The van der Waals surface area contributed by atoms with Crippen molar-refractivity contribution in [1.29, 1.82) is 0 Å². The fraction of sp³-hybridized carbons (Fsp3) is 0.133. The largest absolute Gasteiger partial charge is 0.573 e. The van der Waals surface area contributed by atoms with E-state index in [2.05, 4.69) is 10.1 Å². The minimum absolute atomic E-state index is 0.0555. The lowest BCUT2D eigenvalue weighted by atomic mass is 10.1. The van der Waals surface area contributed by atoms with E-state index in [1.165, 1.54) is 12.1 Å². The Labute approximate surface area is 124 Å². The van der Waals surface area contributed by atoms with Crippen LogP contribution in [0.4, 0.5) is 18.9 Å². The standard InChI is InChI=1S/C15H13F3N2O2/c16-15(17,18)22-13-6-2-4-11(8-13)14(21)20-12-5-1-3-10(7-12)9-19/h1-8H,9,19H2,(H,20,21). The molecule has 2 rings (SSSR count). The van der Waals surface area contributed by atoms with E-state index in [0.717, 1.165) is 17.7 Å². The molecule has 7 heteroatoms. The predicted molar refractivity (Wildman–Crippen MR) is 75.4 cm³/mol. The lowest BCUT2D eigenvalue weighted by Crippen LogP contribution is -2.18. The molecule has 2 aromatic carbocycles. The van der Waals surface area contributed by atoms with E-state index in [4.69, 9.17) is 5.73 Å². The molecular formula is C15H13F3N2O2. The first-order valence-corrected chi connectivity index (χ1v) is 6.33. The molecular weight excluding hydrogens is 297 g/mol. The van der Waals surface area contributed by atoms with Crippen molar-refractivity contribution in [3.05, 3.63) is 59.7 Å². The second-order valence-electron chi connectivity index (χ2n) is 4.43. The van der Waals surface area contributed by atoms with Crippen molar-refractivity contribution in [3.63, 3.8) is 0 Å². The molecule has 0 saturated heterocycles. The molecule has 0 fully saturated rings. The van der Waals surface area contributed by atoms with Crippen molar-refractivity contribution >= 4 is 11.6 Å². The van der Waals surface area contributed by atoms with E-state index in [0.29, 0.717) is 12.2 Å². The van der Waals surface area contributed by atoms with Gasteiger partial charge < -0.3 is 15.8 Å². The second kappa shape index (κ2) is 6.48. The monoisotopic (exact) mass is 310 g/mol.